The summed E-state index contributed by atoms with van der Waals surface area (Å²) in [5, 5.41) is 0. The lowest BCUT2D eigenvalue weighted by Gasteiger charge is -2.14. The normalized spacial score (nSPS) is 14.9. The molecule has 0 radical (unpaired) electrons. The molecule has 3 nitrogen and oxygen atoms in total. The van der Waals surface area contributed by atoms with E-state index in [0.717, 1.165) is 24.8 Å². The summed E-state index contributed by atoms with van der Waals surface area (Å²) in [6.45, 7) is 0. The molecule has 0 spiro atoms. The minimum absolute atomic E-state index is 0.0606. The van der Waals surface area contributed by atoms with Gasteiger partial charge in [0.1, 0.15) is 11.5 Å². The average molecular weight is 246 g/mol. The van der Waals surface area contributed by atoms with E-state index < -0.39 is 0 Å². The molecule has 0 atom stereocenters. The summed E-state index contributed by atoms with van der Waals surface area (Å²) in [5.74, 6) is 1.34. The highest BCUT2D eigenvalue weighted by molar-refractivity contribution is 6.10. The molecule has 0 bridgehead atoms. The third-order valence-electron chi connectivity index (χ3n) is 3.23. The van der Waals surface area contributed by atoms with Gasteiger partial charge in [0.15, 0.2) is 5.78 Å². The van der Waals surface area contributed by atoms with Crippen LogP contribution in [0.1, 0.15) is 36.0 Å². The van der Waals surface area contributed by atoms with Gasteiger partial charge in [0.05, 0.1) is 19.8 Å². The van der Waals surface area contributed by atoms with E-state index in [-0.39, 0.29) is 5.78 Å². The third kappa shape index (κ3) is 2.55. The van der Waals surface area contributed by atoms with Crippen molar-refractivity contribution < 1.29 is 14.3 Å². The summed E-state index contributed by atoms with van der Waals surface area (Å²) in [6.07, 6.45) is 6.16. The van der Waals surface area contributed by atoms with Gasteiger partial charge in [-0.15, -0.1) is 0 Å². The average Bonchev–Trinajstić information content (AvgIpc) is 2.46. The number of benzene rings is 1. The molecule has 3 heteroatoms. The van der Waals surface area contributed by atoms with Crippen molar-refractivity contribution in [3.63, 3.8) is 0 Å². The van der Waals surface area contributed by atoms with E-state index in [1.54, 1.807) is 32.4 Å². The number of methoxy groups -OCH3 is 2. The number of Topliss-reactive ketones (excluding diaryl/α,β-unsaturated/α-hetero) is 1. The number of carbonyl (C=O) groups excluding carboxylic acids is 1. The summed E-state index contributed by atoms with van der Waals surface area (Å²) in [7, 11) is 3.17. The van der Waals surface area contributed by atoms with Crippen molar-refractivity contribution in [1.29, 1.82) is 0 Å². The van der Waals surface area contributed by atoms with Crippen molar-refractivity contribution in [2.24, 2.45) is 0 Å². The van der Waals surface area contributed by atoms with Crippen molar-refractivity contribution in [3.8, 4) is 11.5 Å². The van der Waals surface area contributed by atoms with Gasteiger partial charge in [-0.3, -0.25) is 4.79 Å². The van der Waals surface area contributed by atoms with Crippen LogP contribution in [0.3, 0.4) is 0 Å². The third-order valence-corrected chi connectivity index (χ3v) is 3.23. The molecular weight excluding hydrogens is 228 g/mol. The second-order valence-corrected chi connectivity index (χ2v) is 4.37. The molecule has 1 aliphatic carbocycles. The Bertz CT molecular complexity index is 475. The van der Waals surface area contributed by atoms with Crippen molar-refractivity contribution >= 4 is 5.78 Å². The van der Waals surface area contributed by atoms with Crippen LogP contribution >= 0.6 is 0 Å². The van der Waals surface area contributed by atoms with Crippen LogP contribution in [0, 0.1) is 0 Å². The second-order valence-electron chi connectivity index (χ2n) is 4.37. The summed E-state index contributed by atoms with van der Waals surface area (Å²) in [4.78, 5) is 12.4. The first kappa shape index (κ1) is 12.7. The molecule has 0 fully saturated rings. The van der Waals surface area contributed by atoms with Crippen molar-refractivity contribution in [2.75, 3.05) is 14.2 Å². The zero-order valence-electron chi connectivity index (χ0n) is 10.9. The lowest BCUT2D eigenvalue weighted by atomic mass is 9.92. The van der Waals surface area contributed by atoms with Gasteiger partial charge in [0.2, 0.25) is 0 Å². The Morgan fingerprint density at radius 3 is 2.61 bits per heavy atom. The highest BCUT2D eigenvalue weighted by Crippen LogP contribution is 2.29. The highest BCUT2D eigenvalue weighted by Gasteiger charge is 2.18. The van der Waals surface area contributed by atoms with Gasteiger partial charge in [-0.2, -0.15) is 0 Å². The maximum Gasteiger partial charge on any atom is 0.192 e. The van der Waals surface area contributed by atoms with Crippen molar-refractivity contribution in [2.45, 2.75) is 25.7 Å². The maximum absolute atomic E-state index is 12.4. The van der Waals surface area contributed by atoms with Crippen LogP contribution in [0.25, 0.3) is 0 Å². The Morgan fingerprint density at radius 2 is 2.00 bits per heavy atom. The summed E-state index contributed by atoms with van der Waals surface area (Å²) < 4.78 is 10.4. The molecule has 1 aromatic carbocycles. The summed E-state index contributed by atoms with van der Waals surface area (Å²) in [5.41, 5.74) is 1.48. The molecule has 1 aliphatic rings. The topological polar surface area (TPSA) is 35.5 Å². The number of rotatable bonds is 4. The lowest BCUT2D eigenvalue weighted by molar-refractivity contribution is 0.102. The molecule has 1 aromatic rings. The first-order valence-corrected chi connectivity index (χ1v) is 6.22. The molecule has 0 N–H and O–H groups in total. The Morgan fingerprint density at radius 1 is 1.17 bits per heavy atom. The molecule has 2 rings (SSSR count). The molecule has 0 aliphatic heterocycles. The molecule has 0 aromatic heterocycles. The summed E-state index contributed by atoms with van der Waals surface area (Å²) in [6, 6.07) is 5.32. The van der Waals surface area contributed by atoms with E-state index in [1.165, 1.54) is 6.42 Å². The van der Waals surface area contributed by atoms with Crippen LogP contribution in [0.15, 0.2) is 29.8 Å². The van der Waals surface area contributed by atoms with Gasteiger partial charge in [-0.05, 0) is 49.5 Å². The fraction of sp³-hybridized carbons (Fsp3) is 0.400. The Balaban J connectivity index is 2.35. The Kier molecular flexibility index (Phi) is 4.03. The second kappa shape index (κ2) is 5.71. The number of hydrogen-bond acceptors (Lipinski definition) is 3. The first-order chi connectivity index (χ1) is 8.76. The lowest BCUT2D eigenvalue weighted by Crippen LogP contribution is -2.08. The van der Waals surface area contributed by atoms with Gasteiger partial charge in [-0.25, -0.2) is 0 Å². The highest BCUT2D eigenvalue weighted by atomic mass is 16.5. The molecule has 96 valence electrons. The number of ether oxygens (including phenoxy) is 2. The minimum atomic E-state index is 0.0606. The van der Waals surface area contributed by atoms with Crippen LogP contribution in [0.2, 0.25) is 0 Å². The maximum atomic E-state index is 12.4. The van der Waals surface area contributed by atoms with Crippen molar-refractivity contribution in [3.05, 3.63) is 35.4 Å². The van der Waals surface area contributed by atoms with Gasteiger partial charge in [-0.1, -0.05) is 6.08 Å². The monoisotopic (exact) mass is 246 g/mol. The zero-order chi connectivity index (χ0) is 13.0. The fourth-order valence-electron chi connectivity index (χ4n) is 2.21. The molecule has 0 saturated carbocycles. The molecule has 0 saturated heterocycles. The smallest absolute Gasteiger partial charge is 0.192 e. The standard InChI is InChI=1S/C15H18O3/c1-17-12-8-9-14(18-2)13(10-12)15(16)11-6-4-3-5-7-11/h6,8-10H,3-5,7H2,1-2H3. The summed E-state index contributed by atoms with van der Waals surface area (Å²) >= 11 is 0. The SMILES string of the molecule is COc1ccc(OC)c(C(=O)C2=CCCCC2)c1. The molecule has 18 heavy (non-hydrogen) atoms. The van der Waals surface area contributed by atoms with E-state index in [1.807, 2.05) is 6.08 Å². The minimum Gasteiger partial charge on any atom is -0.497 e. The van der Waals surface area contributed by atoms with Gasteiger partial charge >= 0.3 is 0 Å². The molecular formula is C15H18O3. The van der Waals surface area contributed by atoms with Crippen LogP contribution in [-0.2, 0) is 0 Å². The molecule has 0 unspecified atom stereocenters. The largest absolute Gasteiger partial charge is 0.497 e. The Labute approximate surface area is 107 Å². The zero-order valence-corrected chi connectivity index (χ0v) is 10.9. The Hall–Kier alpha value is -1.77. The van der Waals surface area contributed by atoms with E-state index in [9.17, 15) is 4.79 Å². The van der Waals surface area contributed by atoms with E-state index in [2.05, 4.69) is 0 Å². The quantitative estimate of drug-likeness (QED) is 0.764. The van der Waals surface area contributed by atoms with Crippen LogP contribution in [0.4, 0.5) is 0 Å². The van der Waals surface area contributed by atoms with Crippen LogP contribution in [-0.4, -0.2) is 20.0 Å². The predicted octanol–water partition coefficient (Wildman–Crippen LogP) is 3.39. The van der Waals surface area contributed by atoms with E-state index in [0.29, 0.717) is 17.1 Å². The first-order valence-electron chi connectivity index (χ1n) is 6.22. The number of carbonyl (C=O) groups is 1. The molecule has 0 amide bonds. The van der Waals surface area contributed by atoms with Gasteiger partial charge in [0, 0.05) is 0 Å². The molecule has 0 heterocycles. The van der Waals surface area contributed by atoms with Crippen LogP contribution < -0.4 is 9.47 Å². The number of allylic oxidation sites excluding steroid dienone is 2. The van der Waals surface area contributed by atoms with Crippen molar-refractivity contribution in [1.82, 2.24) is 0 Å². The number of hydrogen-bond donors (Lipinski definition) is 0. The predicted molar refractivity (Wildman–Crippen MR) is 70.4 cm³/mol. The fourth-order valence-corrected chi connectivity index (χ4v) is 2.21. The van der Waals surface area contributed by atoms with E-state index in [4.69, 9.17) is 9.47 Å². The number of ketones is 1. The van der Waals surface area contributed by atoms with E-state index >= 15 is 0 Å². The van der Waals surface area contributed by atoms with Crippen LogP contribution in [0.5, 0.6) is 11.5 Å². The van der Waals surface area contributed by atoms with Gasteiger partial charge < -0.3 is 9.47 Å². The van der Waals surface area contributed by atoms with Gasteiger partial charge in [0.25, 0.3) is 0 Å².